The van der Waals surface area contributed by atoms with Crippen LogP contribution in [0.25, 0.3) is 10.8 Å². The molecule has 1 atom stereocenters. The molecule has 0 saturated carbocycles. The molecule has 4 aromatic carbocycles. The van der Waals surface area contributed by atoms with Crippen LogP contribution in [0.5, 0.6) is 5.75 Å². The number of hydrogen-bond acceptors (Lipinski definition) is 2. The molecule has 1 aliphatic heterocycles. The Kier molecular flexibility index (Phi) is 5.74. The second-order valence-corrected chi connectivity index (χ2v) is 8.42. The number of fused-ring (bicyclic) bond motifs is 2. The molecule has 0 fully saturated rings. The third-order valence-electron chi connectivity index (χ3n) is 6.24. The van der Waals surface area contributed by atoms with Gasteiger partial charge in [-0.05, 0) is 52.6 Å². The van der Waals surface area contributed by atoms with Crippen LogP contribution in [-0.2, 0) is 19.1 Å². The molecule has 5 rings (SSSR count). The van der Waals surface area contributed by atoms with Crippen LogP contribution in [-0.4, -0.2) is 23.5 Å². The van der Waals surface area contributed by atoms with Crippen molar-refractivity contribution < 1.29 is 22.7 Å². The van der Waals surface area contributed by atoms with Crippen LogP contribution >= 0.6 is 0 Å². The molecule has 3 nitrogen and oxygen atoms in total. The summed E-state index contributed by atoms with van der Waals surface area (Å²) in [6.07, 6.45) is -3.88. The molecule has 4 aromatic rings. The highest BCUT2D eigenvalue weighted by molar-refractivity contribution is 6.07. The summed E-state index contributed by atoms with van der Waals surface area (Å²) >= 11 is 0. The first-order valence-corrected chi connectivity index (χ1v) is 11.1. The normalized spacial score (nSPS) is 15.7. The van der Waals surface area contributed by atoms with Crippen molar-refractivity contribution in [1.82, 2.24) is 4.90 Å². The number of carbonyl (C=O) groups excluding carboxylic acids is 1. The van der Waals surface area contributed by atoms with Gasteiger partial charge in [0.15, 0.2) is 0 Å². The Morgan fingerprint density at radius 3 is 2.41 bits per heavy atom. The zero-order valence-electron chi connectivity index (χ0n) is 18.3. The molecular formula is C28H22F3NO2. The van der Waals surface area contributed by atoms with Crippen LogP contribution in [0.3, 0.4) is 0 Å². The molecular weight excluding hydrogens is 439 g/mol. The van der Waals surface area contributed by atoms with E-state index in [1.165, 1.54) is 12.1 Å². The first-order valence-electron chi connectivity index (χ1n) is 11.1. The van der Waals surface area contributed by atoms with Crippen molar-refractivity contribution in [2.24, 2.45) is 0 Å². The summed E-state index contributed by atoms with van der Waals surface area (Å²) in [5.41, 5.74) is 2.01. The van der Waals surface area contributed by atoms with Crippen LogP contribution < -0.4 is 4.74 Å². The quantitative estimate of drug-likeness (QED) is 0.347. The fourth-order valence-electron chi connectivity index (χ4n) is 4.50. The Bertz CT molecular complexity index is 1340. The van der Waals surface area contributed by atoms with Gasteiger partial charge in [0, 0.05) is 12.1 Å². The van der Waals surface area contributed by atoms with Gasteiger partial charge in [-0.3, -0.25) is 4.79 Å². The van der Waals surface area contributed by atoms with Crippen molar-refractivity contribution in [3.05, 3.63) is 113 Å². The van der Waals surface area contributed by atoms with Crippen LogP contribution in [0.1, 0.15) is 27.0 Å². The lowest BCUT2D eigenvalue weighted by Crippen LogP contribution is -2.47. The van der Waals surface area contributed by atoms with Crippen molar-refractivity contribution in [2.75, 3.05) is 6.61 Å². The van der Waals surface area contributed by atoms with Crippen molar-refractivity contribution in [2.45, 2.75) is 25.2 Å². The minimum Gasteiger partial charge on any atom is -0.491 e. The highest BCUT2D eigenvalue weighted by Gasteiger charge is 2.33. The van der Waals surface area contributed by atoms with Gasteiger partial charge in [-0.2, -0.15) is 13.2 Å². The van der Waals surface area contributed by atoms with Gasteiger partial charge in [-0.25, -0.2) is 0 Å². The van der Waals surface area contributed by atoms with Gasteiger partial charge in [0.05, 0.1) is 11.6 Å². The maximum absolute atomic E-state index is 13.8. The van der Waals surface area contributed by atoms with E-state index in [2.05, 4.69) is 0 Å². The Hall–Kier alpha value is -3.80. The predicted molar refractivity (Wildman–Crippen MR) is 125 cm³/mol. The Labute approximate surface area is 195 Å². The summed E-state index contributed by atoms with van der Waals surface area (Å²) in [4.78, 5) is 15.5. The first-order chi connectivity index (χ1) is 16.4. The number of carbonyl (C=O) groups is 1. The minimum atomic E-state index is -4.44. The van der Waals surface area contributed by atoms with E-state index >= 15 is 0 Å². The topological polar surface area (TPSA) is 29.5 Å². The second kappa shape index (κ2) is 8.86. The van der Waals surface area contributed by atoms with Gasteiger partial charge < -0.3 is 9.64 Å². The van der Waals surface area contributed by atoms with E-state index in [1.807, 2.05) is 66.7 Å². The van der Waals surface area contributed by atoms with Gasteiger partial charge in [-0.1, -0.05) is 66.7 Å². The van der Waals surface area contributed by atoms with E-state index in [0.29, 0.717) is 18.5 Å². The molecule has 0 bridgehead atoms. The van der Waals surface area contributed by atoms with Gasteiger partial charge in [0.1, 0.15) is 12.4 Å². The van der Waals surface area contributed by atoms with E-state index in [1.54, 1.807) is 4.90 Å². The van der Waals surface area contributed by atoms with Crippen LogP contribution in [0, 0.1) is 0 Å². The third kappa shape index (κ3) is 4.36. The summed E-state index contributed by atoms with van der Waals surface area (Å²) in [5.74, 6) is 0.00943. The molecule has 6 heteroatoms. The standard InChI is InChI=1S/C28H22F3NO2/c29-28(30,31)22-11-6-12-24(16-22)34-18-23-15-20-8-1-2-9-21(20)17-32(23)27(33)26-14-5-10-19-7-3-4-13-25(19)26/h1-14,16,23H,15,17-18H2/t23-/m0/s1. The molecule has 0 aromatic heterocycles. The molecule has 1 heterocycles. The number of hydrogen-bond donors (Lipinski definition) is 0. The maximum atomic E-state index is 13.8. The average Bonchev–Trinajstić information content (AvgIpc) is 2.86. The summed E-state index contributed by atoms with van der Waals surface area (Å²) < 4.78 is 45.1. The lowest BCUT2D eigenvalue weighted by molar-refractivity contribution is -0.137. The summed E-state index contributed by atoms with van der Waals surface area (Å²) in [6, 6.07) is 25.8. The molecule has 0 radical (unpaired) electrons. The minimum absolute atomic E-state index is 0.0894. The number of alkyl halides is 3. The largest absolute Gasteiger partial charge is 0.491 e. The lowest BCUT2D eigenvalue weighted by Gasteiger charge is -2.37. The highest BCUT2D eigenvalue weighted by atomic mass is 19.4. The number of halogens is 3. The molecule has 0 aliphatic carbocycles. The van der Waals surface area contributed by atoms with E-state index in [0.717, 1.165) is 34.0 Å². The monoisotopic (exact) mass is 461 g/mol. The van der Waals surface area contributed by atoms with Crippen molar-refractivity contribution in [3.63, 3.8) is 0 Å². The van der Waals surface area contributed by atoms with Crippen LogP contribution in [0.4, 0.5) is 13.2 Å². The number of ether oxygens (including phenoxy) is 1. The fourth-order valence-corrected chi connectivity index (χ4v) is 4.50. The zero-order valence-corrected chi connectivity index (χ0v) is 18.3. The van der Waals surface area contributed by atoms with Crippen molar-refractivity contribution >= 4 is 16.7 Å². The van der Waals surface area contributed by atoms with E-state index in [9.17, 15) is 18.0 Å². The number of benzene rings is 4. The molecule has 1 amide bonds. The van der Waals surface area contributed by atoms with E-state index in [4.69, 9.17) is 4.74 Å². The van der Waals surface area contributed by atoms with E-state index in [-0.39, 0.29) is 24.3 Å². The highest BCUT2D eigenvalue weighted by Crippen LogP contribution is 2.32. The number of nitrogens with zero attached hydrogens (tertiary/aromatic N) is 1. The van der Waals surface area contributed by atoms with Crippen LogP contribution in [0.2, 0.25) is 0 Å². The smallest absolute Gasteiger partial charge is 0.416 e. The van der Waals surface area contributed by atoms with Gasteiger partial charge >= 0.3 is 6.18 Å². The molecule has 0 unspecified atom stereocenters. The molecule has 34 heavy (non-hydrogen) atoms. The van der Waals surface area contributed by atoms with Gasteiger partial charge in [0.25, 0.3) is 5.91 Å². The second-order valence-electron chi connectivity index (χ2n) is 8.42. The summed E-state index contributed by atoms with van der Waals surface area (Å²) in [5, 5.41) is 1.84. The molecule has 0 spiro atoms. The third-order valence-corrected chi connectivity index (χ3v) is 6.24. The average molecular weight is 461 g/mol. The first kappa shape index (κ1) is 22.0. The van der Waals surface area contributed by atoms with Crippen molar-refractivity contribution in [3.8, 4) is 5.75 Å². The van der Waals surface area contributed by atoms with Crippen LogP contribution in [0.15, 0.2) is 91.0 Å². The van der Waals surface area contributed by atoms with E-state index < -0.39 is 11.7 Å². The fraction of sp³-hybridized carbons (Fsp3) is 0.179. The number of amides is 1. The molecule has 0 saturated heterocycles. The summed E-state index contributed by atoms with van der Waals surface area (Å²) in [6.45, 7) is 0.501. The SMILES string of the molecule is O=C(c1cccc2ccccc12)N1Cc2ccccc2C[C@H]1COc1cccc(C(F)(F)F)c1. The molecule has 172 valence electrons. The Morgan fingerprint density at radius 1 is 0.882 bits per heavy atom. The van der Waals surface area contributed by atoms with Gasteiger partial charge in [0.2, 0.25) is 0 Å². The molecule has 0 N–H and O–H groups in total. The van der Waals surface area contributed by atoms with Gasteiger partial charge in [-0.15, -0.1) is 0 Å². The Balaban J connectivity index is 1.45. The Morgan fingerprint density at radius 2 is 1.59 bits per heavy atom. The zero-order chi connectivity index (χ0) is 23.7. The molecule has 1 aliphatic rings. The number of rotatable bonds is 4. The summed E-state index contributed by atoms with van der Waals surface area (Å²) in [7, 11) is 0. The maximum Gasteiger partial charge on any atom is 0.416 e. The predicted octanol–water partition coefficient (Wildman–Crippen LogP) is 6.50. The lowest BCUT2D eigenvalue weighted by atomic mass is 9.93. The van der Waals surface area contributed by atoms with Crippen molar-refractivity contribution in [1.29, 1.82) is 0 Å².